The lowest BCUT2D eigenvalue weighted by Gasteiger charge is -2.08. The number of nitrogens with zero attached hydrogens (tertiary/aromatic N) is 6. The van der Waals surface area contributed by atoms with Gasteiger partial charge in [-0.2, -0.15) is 15.0 Å². The average molecular weight is 281 g/mol. The quantitative estimate of drug-likeness (QED) is 0.878. The summed E-state index contributed by atoms with van der Waals surface area (Å²) in [5, 5.41) is 9.10. The number of nitrogens with two attached hydrogens (primary N) is 1. The fourth-order valence-corrected chi connectivity index (χ4v) is 2.00. The van der Waals surface area contributed by atoms with Gasteiger partial charge in [0.05, 0.1) is 6.10 Å². The highest BCUT2D eigenvalue weighted by Crippen LogP contribution is 2.24. The molecule has 2 rings (SSSR count). The molecular weight excluding hydrogens is 266 g/mol. The molecule has 0 atom stereocenters. The van der Waals surface area contributed by atoms with E-state index >= 15 is 0 Å². The maximum Gasteiger partial charge on any atom is 0.322 e. The van der Waals surface area contributed by atoms with Crippen molar-refractivity contribution in [3.8, 4) is 6.01 Å². The topological polar surface area (TPSA) is 105 Å². The van der Waals surface area contributed by atoms with Crippen LogP contribution in [0.25, 0.3) is 0 Å². The van der Waals surface area contributed by atoms with E-state index < -0.39 is 0 Å². The minimum atomic E-state index is -0.0308. The van der Waals surface area contributed by atoms with Crippen molar-refractivity contribution in [3.63, 3.8) is 0 Å². The van der Waals surface area contributed by atoms with Crippen LogP contribution in [-0.4, -0.2) is 35.8 Å². The van der Waals surface area contributed by atoms with E-state index in [4.69, 9.17) is 10.5 Å². The highest BCUT2D eigenvalue weighted by atomic mass is 32.2. The summed E-state index contributed by atoms with van der Waals surface area (Å²) < 4.78 is 7.25. The van der Waals surface area contributed by atoms with Crippen molar-refractivity contribution in [1.29, 1.82) is 0 Å². The van der Waals surface area contributed by atoms with Crippen LogP contribution in [0.5, 0.6) is 6.01 Å². The van der Waals surface area contributed by atoms with Crippen LogP contribution in [0.4, 0.5) is 5.95 Å². The van der Waals surface area contributed by atoms with Crippen LogP contribution in [0.1, 0.15) is 19.7 Å². The third-order valence-corrected chi connectivity index (χ3v) is 3.09. The Bertz CT molecular complexity index is 583. The van der Waals surface area contributed by atoms with Crippen LogP contribution in [0, 0.1) is 6.92 Å². The predicted octanol–water partition coefficient (Wildman–Crippen LogP) is 0.829. The molecule has 2 heterocycles. The number of rotatable bonds is 4. The van der Waals surface area contributed by atoms with Gasteiger partial charge in [0.2, 0.25) is 11.1 Å². The fourth-order valence-electron chi connectivity index (χ4n) is 1.22. The molecule has 19 heavy (non-hydrogen) atoms. The van der Waals surface area contributed by atoms with Crippen LogP contribution in [0.2, 0.25) is 0 Å². The largest absolute Gasteiger partial charge is 0.461 e. The fraction of sp³-hybridized carbons (Fsp3) is 0.500. The molecule has 0 aliphatic rings. The standard InChI is InChI=1S/C10H15N7OS/c1-5(2)18-8-12-7(11)13-9(14-8)19-10-16-15-6(3)17(10)4/h5H,1-4H3,(H2,11,12,13,14). The molecule has 0 saturated carbocycles. The first-order valence-electron chi connectivity index (χ1n) is 5.67. The van der Waals surface area contributed by atoms with Gasteiger partial charge >= 0.3 is 6.01 Å². The zero-order chi connectivity index (χ0) is 14.0. The summed E-state index contributed by atoms with van der Waals surface area (Å²) in [7, 11) is 1.87. The van der Waals surface area contributed by atoms with Gasteiger partial charge in [-0.05, 0) is 32.5 Å². The second-order valence-corrected chi connectivity index (χ2v) is 5.05. The van der Waals surface area contributed by atoms with Crippen LogP contribution >= 0.6 is 11.8 Å². The average Bonchev–Trinajstić information content (AvgIpc) is 2.59. The zero-order valence-electron chi connectivity index (χ0n) is 11.2. The van der Waals surface area contributed by atoms with Gasteiger partial charge in [-0.25, -0.2) is 0 Å². The van der Waals surface area contributed by atoms with Gasteiger partial charge in [0, 0.05) is 7.05 Å². The number of hydrogen-bond acceptors (Lipinski definition) is 8. The molecule has 0 amide bonds. The molecule has 8 nitrogen and oxygen atoms in total. The lowest BCUT2D eigenvalue weighted by molar-refractivity contribution is 0.219. The highest BCUT2D eigenvalue weighted by Gasteiger charge is 2.12. The van der Waals surface area contributed by atoms with Gasteiger partial charge in [0.1, 0.15) is 5.82 Å². The van der Waals surface area contributed by atoms with Crippen molar-refractivity contribution in [3.05, 3.63) is 5.82 Å². The predicted molar refractivity (Wildman–Crippen MR) is 69.9 cm³/mol. The van der Waals surface area contributed by atoms with E-state index in [2.05, 4.69) is 25.1 Å². The Labute approximate surface area is 114 Å². The van der Waals surface area contributed by atoms with Crippen molar-refractivity contribution in [2.45, 2.75) is 37.2 Å². The lowest BCUT2D eigenvalue weighted by Crippen LogP contribution is -2.11. The lowest BCUT2D eigenvalue weighted by atomic mass is 10.5. The van der Waals surface area contributed by atoms with Gasteiger partial charge in [0.15, 0.2) is 5.16 Å². The number of aromatic nitrogens is 6. The molecule has 2 aromatic rings. The van der Waals surface area contributed by atoms with Gasteiger partial charge < -0.3 is 15.0 Å². The second-order valence-electron chi connectivity index (χ2n) is 4.12. The molecule has 0 aliphatic carbocycles. The molecule has 2 N–H and O–H groups in total. The zero-order valence-corrected chi connectivity index (χ0v) is 12.0. The van der Waals surface area contributed by atoms with E-state index in [1.54, 1.807) is 0 Å². The summed E-state index contributed by atoms with van der Waals surface area (Å²) in [4.78, 5) is 12.1. The molecule has 0 aliphatic heterocycles. The number of ether oxygens (including phenoxy) is 1. The van der Waals surface area contributed by atoms with Gasteiger partial charge in [-0.1, -0.05) is 0 Å². The van der Waals surface area contributed by atoms with Gasteiger partial charge in [-0.15, -0.1) is 10.2 Å². The van der Waals surface area contributed by atoms with Gasteiger partial charge in [0.25, 0.3) is 0 Å². The number of anilines is 1. The highest BCUT2D eigenvalue weighted by molar-refractivity contribution is 7.99. The Hall–Kier alpha value is -1.90. The number of hydrogen-bond donors (Lipinski definition) is 1. The molecule has 0 aromatic carbocycles. The first-order chi connectivity index (χ1) is 8.95. The van der Waals surface area contributed by atoms with E-state index in [1.165, 1.54) is 11.8 Å². The van der Waals surface area contributed by atoms with Crippen molar-refractivity contribution < 1.29 is 4.74 Å². The summed E-state index contributed by atoms with van der Waals surface area (Å²) in [6.07, 6.45) is -0.0308. The van der Waals surface area contributed by atoms with E-state index in [0.29, 0.717) is 10.3 Å². The summed E-state index contributed by atoms with van der Waals surface area (Å²) in [5.41, 5.74) is 5.63. The molecule has 0 fully saturated rings. The number of nitrogen functional groups attached to an aromatic ring is 1. The van der Waals surface area contributed by atoms with Gasteiger partial charge in [-0.3, -0.25) is 0 Å². The molecule has 0 spiro atoms. The molecule has 2 aromatic heterocycles. The smallest absolute Gasteiger partial charge is 0.322 e. The van der Waals surface area contributed by atoms with E-state index in [1.807, 2.05) is 32.4 Å². The van der Waals surface area contributed by atoms with Crippen LogP contribution < -0.4 is 10.5 Å². The van der Waals surface area contributed by atoms with E-state index in [-0.39, 0.29) is 18.1 Å². The first kappa shape index (κ1) is 13.5. The van der Waals surface area contributed by atoms with E-state index in [0.717, 1.165) is 5.82 Å². The van der Waals surface area contributed by atoms with Crippen molar-refractivity contribution in [2.24, 2.45) is 7.05 Å². The summed E-state index contributed by atoms with van der Waals surface area (Å²) in [5.74, 6) is 0.926. The van der Waals surface area contributed by atoms with Crippen molar-refractivity contribution >= 4 is 17.7 Å². The molecular formula is C10H15N7OS. The minimum absolute atomic E-state index is 0.0308. The third kappa shape index (κ3) is 3.31. The minimum Gasteiger partial charge on any atom is -0.461 e. The Morgan fingerprint density at radius 1 is 1.21 bits per heavy atom. The normalized spacial score (nSPS) is 11.0. The SMILES string of the molecule is Cc1nnc(Sc2nc(N)nc(OC(C)C)n2)n1C. The summed E-state index contributed by atoms with van der Waals surface area (Å²) >= 11 is 1.26. The maximum absolute atomic E-state index is 5.63. The first-order valence-corrected chi connectivity index (χ1v) is 6.49. The summed E-state index contributed by atoms with van der Waals surface area (Å²) in [6.45, 7) is 5.64. The molecule has 0 bridgehead atoms. The van der Waals surface area contributed by atoms with Crippen molar-refractivity contribution in [1.82, 2.24) is 29.7 Å². The second kappa shape index (κ2) is 5.39. The molecule has 0 radical (unpaired) electrons. The molecule has 0 unspecified atom stereocenters. The van der Waals surface area contributed by atoms with Crippen molar-refractivity contribution in [2.75, 3.05) is 5.73 Å². The van der Waals surface area contributed by atoms with Crippen LogP contribution in [0.15, 0.2) is 10.3 Å². The van der Waals surface area contributed by atoms with Crippen LogP contribution in [0.3, 0.4) is 0 Å². The Kier molecular flexibility index (Phi) is 3.84. The molecule has 9 heteroatoms. The Balaban J connectivity index is 2.25. The number of aryl methyl sites for hydroxylation is 1. The summed E-state index contributed by atoms with van der Waals surface area (Å²) in [6, 6.07) is 0.212. The monoisotopic (exact) mass is 281 g/mol. The van der Waals surface area contributed by atoms with Crippen LogP contribution in [-0.2, 0) is 7.05 Å². The molecule has 102 valence electrons. The Morgan fingerprint density at radius 2 is 1.95 bits per heavy atom. The molecule has 0 saturated heterocycles. The Morgan fingerprint density at radius 3 is 2.53 bits per heavy atom. The van der Waals surface area contributed by atoms with E-state index in [9.17, 15) is 0 Å². The maximum atomic E-state index is 5.63. The third-order valence-electron chi connectivity index (χ3n) is 2.19.